The molecule has 1 aromatic heterocycles. The molecule has 0 atom stereocenters. The molecule has 2 nitrogen and oxygen atoms in total. The first kappa shape index (κ1) is 14.9. The number of rotatable bonds is 5. The van der Waals surface area contributed by atoms with Gasteiger partial charge in [-0.3, -0.25) is 9.88 Å². The summed E-state index contributed by atoms with van der Waals surface area (Å²) < 4.78 is 0. The minimum Gasteiger partial charge on any atom is -0.298 e. The zero-order chi connectivity index (χ0) is 14.6. The van der Waals surface area contributed by atoms with E-state index in [1.165, 1.54) is 16.3 Å². The van der Waals surface area contributed by atoms with Crippen molar-refractivity contribution in [1.82, 2.24) is 9.88 Å². The molecule has 2 aromatic rings. The summed E-state index contributed by atoms with van der Waals surface area (Å²) in [4.78, 5) is 6.48. The van der Waals surface area contributed by atoms with Gasteiger partial charge in [0.1, 0.15) is 0 Å². The number of hydrogen-bond donors (Lipinski definition) is 0. The molecule has 0 aliphatic rings. The van der Waals surface area contributed by atoms with Gasteiger partial charge in [0.05, 0.1) is 8.07 Å². The van der Waals surface area contributed by atoms with Crippen LogP contribution in [0, 0.1) is 0 Å². The van der Waals surface area contributed by atoms with Crippen LogP contribution in [0.3, 0.4) is 0 Å². The van der Waals surface area contributed by atoms with Gasteiger partial charge in [0.2, 0.25) is 0 Å². The maximum Gasteiger partial charge on any atom is 0.0775 e. The molecule has 0 bridgehead atoms. The van der Waals surface area contributed by atoms with E-state index in [2.05, 4.69) is 66.9 Å². The van der Waals surface area contributed by atoms with Crippen molar-refractivity contribution in [2.24, 2.45) is 0 Å². The highest BCUT2D eigenvalue weighted by Crippen LogP contribution is 2.08. The number of aromatic nitrogens is 1. The van der Waals surface area contributed by atoms with Crippen molar-refractivity contribution in [3.8, 4) is 0 Å². The second kappa shape index (κ2) is 6.33. The second-order valence-corrected chi connectivity index (χ2v) is 11.6. The topological polar surface area (TPSA) is 16.1 Å². The number of benzene rings is 1. The lowest BCUT2D eigenvalue weighted by atomic mass is 10.2. The van der Waals surface area contributed by atoms with E-state index in [4.69, 9.17) is 0 Å². The SMILES string of the molecule is CN(Cc1ccc([Si](C)(C)C)cc1)Cc1cccnc1. The van der Waals surface area contributed by atoms with Gasteiger partial charge in [0.15, 0.2) is 0 Å². The zero-order valence-corrected chi connectivity index (χ0v) is 13.9. The fraction of sp³-hybridized carbons (Fsp3) is 0.353. The van der Waals surface area contributed by atoms with Gasteiger partial charge in [-0.2, -0.15) is 0 Å². The van der Waals surface area contributed by atoms with Gasteiger partial charge in [-0.05, 0) is 24.2 Å². The third-order valence-corrected chi connectivity index (χ3v) is 5.51. The molecule has 0 unspecified atom stereocenters. The van der Waals surface area contributed by atoms with Crippen LogP contribution in [0.4, 0.5) is 0 Å². The second-order valence-electron chi connectivity index (χ2n) is 6.48. The van der Waals surface area contributed by atoms with Gasteiger partial charge in [-0.25, -0.2) is 0 Å². The maximum absolute atomic E-state index is 4.16. The van der Waals surface area contributed by atoms with E-state index in [1.807, 2.05) is 18.5 Å². The average Bonchev–Trinajstić information content (AvgIpc) is 2.39. The molecule has 0 aliphatic heterocycles. The molecule has 0 fully saturated rings. The van der Waals surface area contributed by atoms with Crippen LogP contribution >= 0.6 is 0 Å². The summed E-state index contributed by atoms with van der Waals surface area (Å²) in [7, 11) is 0.973. The Morgan fingerprint density at radius 3 is 2.15 bits per heavy atom. The molecule has 0 radical (unpaired) electrons. The Labute approximate surface area is 123 Å². The lowest BCUT2D eigenvalue weighted by Crippen LogP contribution is -2.37. The van der Waals surface area contributed by atoms with Crippen LogP contribution in [0.15, 0.2) is 48.8 Å². The van der Waals surface area contributed by atoms with Crippen molar-refractivity contribution in [2.45, 2.75) is 32.7 Å². The molecular weight excluding hydrogens is 260 g/mol. The molecule has 0 N–H and O–H groups in total. The molecule has 0 spiro atoms. The van der Waals surface area contributed by atoms with Gasteiger partial charge in [-0.1, -0.05) is 55.2 Å². The van der Waals surface area contributed by atoms with Crippen molar-refractivity contribution in [2.75, 3.05) is 7.05 Å². The first-order valence-electron chi connectivity index (χ1n) is 7.12. The molecule has 1 aromatic carbocycles. The molecule has 0 saturated heterocycles. The van der Waals surface area contributed by atoms with Crippen LogP contribution in [0.1, 0.15) is 11.1 Å². The molecule has 0 saturated carbocycles. The zero-order valence-electron chi connectivity index (χ0n) is 12.9. The standard InChI is InChI=1S/C17H24N2Si/c1-19(14-16-6-5-11-18-12-16)13-15-7-9-17(10-8-15)20(2,3)4/h5-12H,13-14H2,1-4H3. The lowest BCUT2D eigenvalue weighted by molar-refractivity contribution is 0.319. The molecule has 106 valence electrons. The Balaban J connectivity index is 1.96. The van der Waals surface area contributed by atoms with E-state index in [0.717, 1.165) is 13.1 Å². The maximum atomic E-state index is 4.16. The summed E-state index contributed by atoms with van der Waals surface area (Å²) in [5, 5.41) is 1.52. The van der Waals surface area contributed by atoms with Crippen LogP contribution in [0.2, 0.25) is 19.6 Å². The fourth-order valence-corrected chi connectivity index (χ4v) is 3.45. The minimum atomic E-state index is -1.18. The van der Waals surface area contributed by atoms with Crippen LogP contribution in [-0.2, 0) is 13.1 Å². The van der Waals surface area contributed by atoms with Gasteiger partial charge in [0, 0.05) is 25.5 Å². The summed E-state index contributed by atoms with van der Waals surface area (Å²) in [6.45, 7) is 9.06. The largest absolute Gasteiger partial charge is 0.298 e. The van der Waals surface area contributed by atoms with Crippen LogP contribution < -0.4 is 5.19 Å². The Kier molecular flexibility index (Phi) is 4.73. The van der Waals surface area contributed by atoms with Crippen LogP contribution in [-0.4, -0.2) is 25.0 Å². The van der Waals surface area contributed by atoms with Gasteiger partial charge < -0.3 is 0 Å². The summed E-state index contributed by atoms with van der Waals surface area (Å²) in [6.07, 6.45) is 3.75. The highest BCUT2D eigenvalue weighted by Gasteiger charge is 2.15. The molecule has 0 aliphatic carbocycles. The van der Waals surface area contributed by atoms with Crippen molar-refractivity contribution in [1.29, 1.82) is 0 Å². The molecule has 20 heavy (non-hydrogen) atoms. The van der Waals surface area contributed by atoms with E-state index in [0.29, 0.717) is 0 Å². The molecule has 0 amide bonds. The first-order valence-corrected chi connectivity index (χ1v) is 10.6. The average molecular weight is 284 g/mol. The third kappa shape index (κ3) is 4.29. The van der Waals surface area contributed by atoms with Crippen LogP contribution in [0.25, 0.3) is 0 Å². The smallest absolute Gasteiger partial charge is 0.0775 e. The van der Waals surface area contributed by atoms with E-state index in [1.54, 1.807) is 0 Å². The summed E-state index contributed by atoms with van der Waals surface area (Å²) in [6, 6.07) is 13.3. The van der Waals surface area contributed by atoms with Crippen molar-refractivity contribution < 1.29 is 0 Å². The van der Waals surface area contributed by atoms with Gasteiger partial charge in [-0.15, -0.1) is 0 Å². The summed E-state index contributed by atoms with van der Waals surface area (Å²) in [5.74, 6) is 0. The number of hydrogen-bond acceptors (Lipinski definition) is 2. The van der Waals surface area contributed by atoms with Gasteiger partial charge >= 0.3 is 0 Å². The summed E-state index contributed by atoms with van der Waals surface area (Å²) in [5.41, 5.74) is 2.63. The number of nitrogens with zero attached hydrogens (tertiary/aromatic N) is 2. The molecule has 1 heterocycles. The minimum absolute atomic E-state index is 0.934. The van der Waals surface area contributed by atoms with E-state index in [9.17, 15) is 0 Å². The summed E-state index contributed by atoms with van der Waals surface area (Å²) >= 11 is 0. The van der Waals surface area contributed by atoms with Crippen molar-refractivity contribution in [3.05, 3.63) is 59.9 Å². The van der Waals surface area contributed by atoms with E-state index < -0.39 is 8.07 Å². The molecule has 3 heteroatoms. The lowest BCUT2D eigenvalue weighted by Gasteiger charge is -2.19. The molecule has 2 rings (SSSR count). The Morgan fingerprint density at radius 2 is 1.60 bits per heavy atom. The van der Waals surface area contributed by atoms with Crippen molar-refractivity contribution >= 4 is 13.3 Å². The first-order chi connectivity index (χ1) is 9.45. The van der Waals surface area contributed by atoms with E-state index in [-0.39, 0.29) is 0 Å². The molecular formula is C17H24N2Si. The van der Waals surface area contributed by atoms with Crippen molar-refractivity contribution in [3.63, 3.8) is 0 Å². The predicted octanol–water partition coefficient (Wildman–Crippen LogP) is 3.26. The highest BCUT2D eigenvalue weighted by molar-refractivity contribution is 6.88. The Hall–Kier alpha value is -1.45. The Morgan fingerprint density at radius 1 is 0.950 bits per heavy atom. The quantitative estimate of drug-likeness (QED) is 0.784. The number of pyridine rings is 1. The Bertz CT molecular complexity index is 529. The van der Waals surface area contributed by atoms with Gasteiger partial charge in [0.25, 0.3) is 0 Å². The fourth-order valence-electron chi connectivity index (χ4n) is 2.28. The highest BCUT2D eigenvalue weighted by atomic mass is 28.3. The monoisotopic (exact) mass is 284 g/mol. The third-order valence-electron chi connectivity index (χ3n) is 3.45. The normalized spacial score (nSPS) is 11.8. The van der Waals surface area contributed by atoms with E-state index >= 15 is 0 Å². The van der Waals surface area contributed by atoms with Crippen LogP contribution in [0.5, 0.6) is 0 Å². The predicted molar refractivity (Wildman–Crippen MR) is 88.8 cm³/mol.